The second kappa shape index (κ2) is 7.21. The fourth-order valence-corrected chi connectivity index (χ4v) is 2.29. The van der Waals surface area contributed by atoms with E-state index >= 15 is 0 Å². The van der Waals surface area contributed by atoms with Crippen LogP contribution in [0.15, 0.2) is 30.3 Å². The first kappa shape index (κ1) is 14.0. The number of anilines is 1. The SMILES string of the molecule is CCCNc1snnc1COC(C)c1ccccc1. The van der Waals surface area contributed by atoms with Crippen LogP contribution >= 0.6 is 11.5 Å². The summed E-state index contributed by atoms with van der Waals surface area (Å²) in [7, 11) is 0. The molecule has 1 unspecified atom stereocenters. The highest BCUT2D eigenvalue weighted by atomic mass is 32.1. The Bertz CT molecular complexity index is 486. The van der Waals surface area contributed by atoms with Crippen LogP contribution in [0.25, 0.3) is 0 Å². The molecular weight excluding hydrogens is 258 g/mol. The van der Waals surface area contributed by atoms with E-state index in [-0.39, 0.29) is 6.10 Å². The summed E-state index contributed by atoms with van der Waals surface area (Å²) in [5.41, 5.74) is 2.06. The Morgan fingerprint density at radius 2 is 2.11 bits per heavy atom. The number of hydrogen-bond donors (Lipinski definition) is 1. The molecule has 4 nitrogen and oxygen atoms in total. The monoisotopic (exact) mass is 277 g/mol. The normalized spacial score (nSPS) is 12.3. The molecule has 0 spiro atoms. The Labute approximate surface area is 118 Å². The van der Waals surface area contributed by atoms with Crippen LogP contribution in [0, 0.1) is 0 Å². The first-order chi connectivity index (χ1) is 9.31. The zero-order valence-electron chi connectivity index (χ0n) is 11.3. The summed E-state index contributed by atoms with van der Waals surface area (Å²) in [6.07, 6.45) is 1.14. The third kappa shape index (κ3) is 4.01. The molecule has 5 heteroatoms. The van der Waals surface area contributed by atoms with E-state index in [0.717, 1.165) is 23.7 Å². The number of nitrogens with one attached hydrogen (secondary N) is 1. The molecule has 0 fully saturated rings. The Kier molecular flexibility index (Phi) is 5.30. The van der Waals surface area contributed by atoms with Crippen molar-refractivity contribution in [2.24, 2.45) is 0 Å². The lowest BCUT2D eigenvalue weighted by Gasteiger charge is -2.13. The molecule has 19 heavy (non-hydrogen) atoms. The number of aromatic nitrogens is 2. The molecule has 2 aromatic rings. The smallest absolute Gasteiger partial charge is 0.135 e. The fraction of sp³-hybridized carbons (Fsp3) is 0.429. The second-order valence-corrected chi connectivity index (χ2v) is 5.09. The number of rotatable bonds is 7. The van der Waals surface area contributed by atoms with Crippen molar-refractivity contribution in [2.45, 2.75) is 33.0 Å². The lowest BCUT2D eigenvalue weighted by Crippen LogP contribution is -2.04. The van der Waals surface area contributed by atoms with Crippen molar-refractivity contribution in [3.8, 4) is 0 Å². The lowest BCUT2D eigenvalue weighted by molar-refractivity contribution is 0.0508. The van der Waals surface area contributed by atoms with E-state index < -0.39 is 0 Å². The van der Waals surface area contributed by atoms with Crippen LogP contribution in [-0.4, -0.2) is 16.1 Å². The van der Waals surface area contributed by atoms with Crippen molar-refractivity contribution >= 4 is 16.5 Å². The lowest BCUT2D eigenvalue weighted by atomic mass is 10.1. The predicted molar refractivity (Wildman–Crippen MR) is 78.3 cm³/mol. The van der Waals surface area contributed by atoms with E-state index in [9.17, 15) is 0 Å². The van der Waals surface area contributed by atoms with Crippen molar-refractivity contribution in [1.29, 1.82) is 0 Å². The van der Waals surface area contributed by atoms with Crippen molar-refractivity contribution < 1.29 is 4.74 Å². The quantitative estimate of drug-likeness (QED) is 0.839. The molecule has 102 valence electrons. The van der Waals surface area contributed by atoms with Gasteiger partial charge in [0.15, 0.2) is 0 Å². The van der Waals surface area contributed by atoms with Crippen LogP contribution in [0.5, 0.6) is 0 Å². The van der Waals surface area contributed by atoms with Gasteiger partial charge in [0, 0.05) is 18.1 Å². The summed E-state index contributed by atoms with van der Waals surface area (Å²) in [5.74, 6) is 0. The van der Waals surface area contributed by atoms with Gasteiger partial charge in [-0.1, -0.05) is 41.7 Å². The molecule has 1 aromatic heterocycles. The van der Waals surface area contributed by atoms with Crippen LogP contribution in [0.3, 0.4) is 0 Å². The fourth-order valence-electron chi connectivity index (χ4n) is 1.70. The van der Waals surface area contributed by atoms with Gasteiger partial charge in [0.2, 0.25) is 0 Å². The summed E-state index contributed by atoms with van der Waals surface area (Å²) >= 11 is 1.38. The van der Waals surface area contributed by atoms with Gasteiger partial charge in [0.1, 0.15) is 10.7 Å². The summed E-state index contributed by atoms with van der Waals surface area (Å²) in [6, 6.07) is 10.2. The topological polar surface area (TPSA) is 47.0 Å². The standard InChI is InChI=1S/C14H19N3OS/c1-3-9-15-14-13(16-17-19-14)10-18-11(2)12-7-5-4-6-8-12/h4-8,11,15H,3,9-10H2,1-2H3. The molecule has 0 saturated heterocycles. The highest BCUT2D eigenvalue weighted by Gasteiger charge is 2.10. The van der Waals surface area contributed by atoms with E-state index in [2.05, 4.69) is 34.0 Å². The van der Waals surface area contributed by atoms with Crippen molar-refractivity contribution in [2.75, 3.05) is 11.9 Å². The van der Waals surface area contributed by atoms with Crippen LogP contribution < -0.4 is 5.32 Å². The molecule has 1 heterocycles. The van der Waals surface area contributed by atoms with E-state index in [1.54, 1.807) is 0 Å². The number of benzene rings is 1. The first-order valence-corrected chi connectivity index (χ1v) is 7.30. The molecule has 0 saturated carbocycles. The maximum atomic E-state index is 5.86. The molecular formula is C14H19N3OS. The summed E-state index contributed by atoms with van der Waals surface area (Å²) in [6.45, 7) is 5.60. The predicted octanol–water partition coefficient (Wildman–Crippen LogP) is 3.64. The van der Waals surface area contributed by atoms with E-state index in [0.29, 0.717) is 6.61 Å². The maximum Gasteiger partial charge on any atom is 0.135 e. The molecule has 1 N–H and O–H groups in total. The van der Waals surface area contributed by atoms with E-state index in [1.807, 2.05) is 25.1 Å². The van der Waals surface area contributed by atoms with Gasteiger partial charge >= 0.3 is 0 Å². The molecule has 0 aliphatic rings. The molecule has 2 rings (SSSR count). The van der Waals surface area contributed by atoms with Crippen LogP contribution in [-0.2, 0) is 11.3 Å². The Morgan fingerprint density at radius 3 is 2.84 bits per heavy atom. The van der Waals surface area contributed by atoms with Gasteiger partial charge in [-0.05, 0) is 18.9 Å². The van der Waals surface area contributed by atoms with Crippen LogP contribution in [0.4, 0.5) is 5.00 Å². The van der Waals surface area contributed by atoms with Crippen molar-refractivity contribution in [1.82, 2.24) is 9.59 Å². The van der Waals surface area contributed by atoms with Crippen molar-refractivity contribution in [3.05, 3.63) is 41.6 Å². The third-order valence-corrected chi connectivity index (χ3v) is 3.56. The number of hydrogen-bond acceptors (Lipinski definition) is 5. The average molecular weight is 277 g/mol. The van der Waals surface area contributed by atoms with Crippen LogP contribution in [0.1, 0.15) is 37.6 Å². The molecule has 0 amide bonds. The van der Waals surface area contributed by atoms with Gasteiger partial charge < -0.3 is 10.1 Å². The van der Waals surface area contributed by atoms with Crippen molar-refractivity contribution in [3.63, 3.8) is 0 Å². The highest BCUT2D eigenvalue weighted by molar-refractivity contribution is 7.10. The summed E-state index contributed by atoms with van der Waals surface area (Å²) < 4.78 is 9.83. The molecule has 0 bridgehead atoms. The maximum absolute atomic E-state index is 5.86. The number of ether oxygens (including phenoxy) is 1. The zero-order chi connectivity index (χ0) is 13.5. The summed E-state index contributed by atoms with van der Waals surface area (Å²) in [5, 5.41) is 8.45. The Balaban J connectivity index is 1.90. The van der Waals surface area contributed by atoms with Gasteiger partial charge in [-0.25, -0.2) is 0 Å². The van der Waals surface area contributed by atoms with Gasteiger partial charge in [-0.2, -0.15) is 0 Å². The third-order valence-electron chi connectivity index (χ3n) is 2.83. The minimum atomic E-state index is 0.0573. The Hall–Kier alpha value is -1.46. The van der Waals surface area contributed by atoms with E-state index in [4.69, 9.17) is 4.74 Å². The average Bonchev–Trinajstić information content (AvgIpc) is 2.91. The van der Waals surface area contributed by atoms with Crippen LogP contribution in [0.2, 0.25) is 0 Å². The largest absolute Gasteiger partial charge is 0.374 e. The van der Waals surface area contributed by atoms with Gasteiger partial charge in [0.25, 0.3) is 0 Å². The Morgan fingerprint density at radius 1 is 1.32 bits per heavy atom. The zero-order valence-corrected chi connectivity index (χ0v) is 12.1. The van der Waals surface area contributed by atoms with Gasteiger partial charge in [-0.3, -0.25) is 0 Å². The summed E-state index contributed by atoms with van der Waals surface area (Å²) in [4.78, 5) is 0. The minimum Gasteiger partial charge on any atom is -0.374 e. The molecule has 1 atom stereocenters. The van der Waals surface area contributed by atoms with Gasteiger partial charge in [0.05, 0.1) is 12.7 Å². The van der Waals surface area contributed by atoms with Gasteiger partial charge in [-0.15, -0.1) is 5.10 Å². The molecule has 0 aliphatic carbocycles. The molecule has 1 aromatic carbocycles. The second-order valence-electron chi connectivity index (χ2n) is 4.34. The van der Waals surface area contributed by atoms with E-state index in [1.165, 1.54) is 17.1 Å². The minimum absolute atomic E-state index is 0.0573. The molecule has 0 radical (unpaired) electrons. The number of nitrogens with zero attached hydrogens (tertiary/aromatic N) is 2. The molecule has 0 aliphatic heterocycles. The highest BCUT2D eigenvalue weighted by Crippen LogP contribution is 2.22. The first-order valence-electron chi connectivity index (χ1n) is 6.53.